The Morgan fingerprint density at radius 3 is 2.75 bits per heavy atom. The van der Waals surface area contributed by atoms with Gasteiger partial charge in [-0.25, -0.2) is 4.99 Å². The van der Waals surface area contributed by atoms with E-state index in [4.69, 9.17) is 22.1 Å². The quantitative estimate of drug-likeness (QED) is 0.399. The molecule has 1 aliphatic rings. The summed E-state index contributed by atoms with van der Waals surface area (Å²) in [6.07, 6.45) is 0. The molecule has 20 heavy (non-hydrogen) atoms. The van der Waals surface area contributed by atoms with Crippen LogP contribution >= 0.6 is 11.6 Å². The standard InChI is InChI=1S/C14H18ClN3O2/c1-10(19)11-2-3-13(18-4-6-20-7-5-18)12(8-11)17-14(16)9-15/h2-3,8H,4-7,9H2,1H3,(H2,16,17). The molecular weight excluding hydrogens is 278 g/mol. The highest BCUT2D eigenvalue weighted by atomic mass is 35.5. The first kappa shape index (κ1) is 14.8. The number of ether oxygens (including phenoxy) is 1. The maximum atomic E-state index is 11.5. The van der Waals surface area contributed by atoms with Crippen LogP contribution in [0.25, 0.3) is 0 Å². The van der Waals surface area contributed by atoms with Gasteiger partial charge in [0.25, 0.3) is 0 Å². The Morgan fingerprint density at radius 1 is 1.45 bits per heavy atom. The lowest BCUT2D eigenvalue weighted by atomic mass is 10.1. The summed E-state index contributed by atoms with van der Waals surface area (Å²) >= 11 is 5.69. The first-order valence-electron chi connectivity index (χ1n) is 6.48. The Morgan fingerprint density at radius 2 is 2.15 bits per heavy atom. The van der Waals surface area contributed by atoms with Crippen molar-refractivity contribution in [2.24, 2.45) is 10.7 Å². The number of morpholine rings is 1. The Kier molecular flexibility index (Phi) is 4.98. The normalized spacial score (nSPS) is 16.3. The highest BCUT2D eigenvalue weighted by Gasteiger charge is 2.16. The Labute approximate surface area is 123 Å². The highest BCUT2D eigenvalue weighted by molar-refractivity contribution is 6.28. The lowest BCUT2D eigenvalue weighted by Gasteiger charge is -2.30. The topological polar surface area (TPSA) is 67.9 Å². The summed E-state index contributed by atoms with van der Waals surface area (Å²) < 4.78 is 5.35. The van der Waals surface area contributed by atoms with Gasteiger partial charge in [-0.3, -0.25) is 4.79 Å². The molecule has 0 amide bonds. The molecule has 0 aliphatic carbocycles. The molecule has 0 aromatic heterocycles. The van der Waals surface area contributed by atoms with Gasteiger partial charge in [-0.2, -0.15) is 0 Å². The zero-order valence-electron chi connectivity index (χ0n) is 11.4. The van der Waals surface area contributed by atoms with E-state index in [1.807, 2.05) is 12.1 Å². The third-order valence-electron chi connectivity index (χ3n) is 3.13. The van der Waals surface area contributed by atoms with E-state index in [2.05, 4.69) is 9.89 Å². The van der Waals surface area contributed by atoms with Crippen molar-refractivity contribution >= 4 is 34.6 Å². The minimum absolute atomic E-state index is 0.000535. The molecule has 0 atom stereocenters. The molecule has 1 fully saturated rings. The highest BCUT2D eigenvalue weighted by Crippen LogP contribution is 2.30. The van der Waals surface area contributed by atoms with Crippen LogP contribution in [-0.4, -0.2) is 43.8 Å². The lowest BCUT2D eigenvalue weighted by Crippen LogP contribution is -2.36. The Bertz CT molecular complexity index is 525. The van der Waals surface area contributed by atoms with Crippen LogP contribution in [0, 0.1) is 0 Å². The summed E-state index contributed by atoms with van der Waals surface area (Å²) in [6.45, 7) is 4.48. The lowest BCUT2D eigenvalue weighted by molar-refractivity contribution is 0.101. The zero-order valence-corrected chi connectivity index (χ0v) is 12.2. The number of carbonyl (C=O) groups excluding carboxylic acids is 1. The fraction of sp³-hybridized carbons (Fsp3) is 0.429. The van der Waals surface area contributed by atoms with Crippen molar-refractivity contribution in [1.82, 2.24) is 0 Å². The minimum atomic E-state index is -0.000535. The number of benzene rings is 1. The second kappa shape index (κ2) is 6.72. The number of anilines is 1. The monoisotopic (exact) mass is 295 g/mol. The number of carbonyl (C=O) groups is 1. The fourth-order valence-electron chi connectivity index (χ4n) is 2.09. The van der Waals surface area contributed by atoms with E-state index in [1.54, 1.807) is 6.07 Å². The predicted molar refractivity (Wildman–Crippen MR) is 81.5 cm³/mol. The predicted octanol–water partition coefficient (Wildman–Crippen LogP) is 1.95. The van der Waals surface area contributed by atoms with E-state index < -0.39 is 0 Å². The van der Waals surface area contributed by atoms with Gasteiger partial charge in [-0.1, -0.05) is 0 Å². The molecule has 1 heterocycles. The van der Waals surface area contributed by atoms with Crippen LogP contribution < -0.4 is 10.6 Å². The van der Waals surface area contributed by atoms with Gasteiger partial charge in [-0.05, 0) is 25.1 Å². The molecule has 1 aliphatic heterocycles. The van der Waals surface area contributed by atoms with Crippen LogP contribution in [0.5, 0.6) is 0 Å². The van der Waals surface area contributed by atoms with E-state index in [1.165, 1.54) is 6.92 Å². The van der Waals surface area contributed by atoms with E-state index in [9.17, 15) is 4.79 Å². The summed E-state index contributed by atoms with van der Waals surface area (Å²) in [6, 6.07) is 5.47. The van der Waals surface area contributed by atoms with Crippen molar-refractivity contribution in [1.29, 1.82) is 0 Å². The largest absolute Gasteiger partial charge is 0.386 e. The molecule has 108 valence electrons. The number of ketones is 1. The molecule has 0 saturated carbocycles. The Hall–Kier alpha value is -1.59. The first-order chi connectivity index (χ1) is 9.61. The van der Waals surface area contributed by atoms with Gasteiger partial charge < -0.3 is 15.4 Å². The number of nitrogens with two attached hydrogens (primary N) is 1. The summed E-state index contributed by atoms with van der Waals surface area (Å²) in [5.74, 6) is 0.494. The van der Waals surface area contributed by atoms with Gasteiger partial charge in [0.15, 0.2) is 5.78 Å². The molecule has 0 unspecified atom stereocenters. The summed E-state index contributed by atoms with van der Waals surface area (Å²) in [5, 5.41) is 0. The molecule has 5 nitrogen and oxygen atoms in total. The van der Waals surface area contributed by atoms with Crippen molar-refractivity contribution in [2.75, 3.05) is 37.1 Å². The van der Waals surface area contributed by atoms with E-state index in [0.717, 1.165) is 18.8 Å². The molecule has 6 heteroatoms. The molecule has 1 saturated heterocycles. The van der Waals surface area contributed by atoms with Crippen molar-refractivity contribution in [3.05, 3.63) is 23.8 Å². The zero-order chi connectivity index (χ0) is 14.5. The number of Topliss-reactive ketones (excluding diaryl/α,β-unsaturated/α-hetero) is 1. The molecule has 1 aromatic carbocycles. The molecule has 2 N–H and O–H groups in total. The maximum Gasteiger partial charge on any atom is 0.159 e. The van der Waals surface area contributed by atoms with E-state index >= 15 is 0 Å². The number of halogens is 1. The van der Waals surface area contributed by atoms with Crippen LogP contribution in [0.15, 0.2) is 23.2 Å². The number of hydrogen-bond acceptors (Lipinski definition) is 4. The second-order valence-corrected chi connectivity index (χ2v) is 4.86. The average molecular weight is 296 g/mol. The summed E-state index contributed by atoms with van der Waals surface area (Å²) in [7, 11) is 0. The van der Waals surface area contributed by atoms with Crippen molar-refractivity contribution < 1.29 is 9.53 Å². The second-order valence-electron chi connectivity index (χ2n) is 4.60. The number of hydrogen-bond donors (Lipinski definition) is 1. The number of aliphatic imine (C=N–C) groups is 1. The van der Waals surface area contributed by atoms with Crippen molar-refractivity contribution in [3.8, 4) is 0 Å². The van der Waals surface area contributed by atoms with Gasteiger partial charge in [0.1, 0.15) is 5.84 Å². The summed E-state index contributed by atoms with van der Waals surface area (Å²) in [5.41, 5.74) is 7.96. The van der Waals surface area contributed by atoms with Crippen LogP contribution in [0.3, 0.4) is 0 Å². The first-order valence-corrected chi connectivity index (χ1v) is 7.02. The van der Waals surface area contributed by atoms with Crippen molar-refractivity contribution in [2.45, 2.75) is 6.92 Å². The van der Waals surface area contributed by atoms with Gasteiger partial charge in [0.2, 0.25) is 0 Å². The molecule has 2 rings (SSSR count). The maximum absolute atomic E-state index is 11.5. The van der Waals surface area contributed by atoms with Crippen LogP contribution in [-0.2, 0) is 4.74 Å². The number of alkyl halides is 1. The van der Waals surface area contributed by atoms with Crippen LogP contribution in [0.2, 0.25) is 0 Å². The van der Waals surface area contributed by atoms with Crippen LogP contribution in [0.4, 0.5) is 11.4 Å². The number of amidine groups is 1. The molecule has 0 radical (unpaired) electrons. The smallest absolute Gasteiger partial charge is 0.159 e. The van der Waals surface area contributed by atoms with Gasteiger partial charge in [0, 0.05) is 18.7 Å². The van der Waals surface area contributed by atoms with Crippen molar-refractivity contribution in [3.63, 3.8) is 0 Å². The van der Waals surface area contributed by atoms with E-state index in [0.29, 0.717) is 30.3 Å². The van der Waals surface area contributed by atoms with Gasteiger partial charge >= 0.3 is 0 Å². The molecule has 0 bridgehead atoms. The number of nitrogens with zero attached hydrogens (tertiary/aromatic N) is 2. The SMILES string of the molecule is CC(=O)c1ccc(N2CCOCC2)c(N=C(N)CCl)c1. The van der Waals surface area contributed by atoms with Gasteiger partial charge in [0.05, 0.1) is 30.5 Å². The Balaban J connectivity index is 2.41. The molecule has 0 spiro atoms. The average Bonchev–Trinajstić information content (AvgIpc) is 2.47. The fourth-order valence-corrected chi connectivity index (χ4v) is 2.15. The minimum Gasteiger partial charge on any atom is -0.386 e. The van der Waals surface area contributed by atoms with E-state index in [-0.39, 0.29) is 11.7 Å². The third-order valence-corrected chi connectivity index (χ3v) is 3.41. The van der Waals surface area contributed by atoms with Crippen LogP contribution in [0.1, 0.15) is 17.3 Å². The van der Waals surface area contributed by atoms with Gasteiger partial charge in [-0.15, -0.1) is 11.6 Å². The summed E-state index contributed by atoms with van der Waals surface area (Å²) in [4.78, 5) is 18.0. The number of rotatable bonds is 4. The molecule has 1 aromatic rings. The molecular formula is C14H18ClN3O2. The third kappa shape index (κ3) is 3.49.